The van der Waals surface area contributed by atoms with Gasteiger partial charge in [-0.15, -0.1) is 0 Å². The van der Waals surface area contributed by atoms with Gasteiger partial charge in [0.15, 0.2) is 11.4 Å². The number of nitrogens with one attached hydrogen (secondary N) is 1. The predicted molar refractivity (Wildman–Crippen MR) is 80.3 cm³/mol. The van der Waals surface area contributed by atoms with Gasteiger partial charge < -0.3 is 20.4 Å². The van der Waals surface area contributed by atoms with Crippen molar-refractivity contribution >= 4 is 17.4 Å². The minimum absolute atomic E-state index is 0.0182. The van der Waals surface area contributed by atoms with Crippen molar-refractivity contribution in [3.8, 4) is 0 Å². The highest BCUT2D eigenvalue weighted by Gasteiger charge is 2.51. The highest BCUT2D eigenvalue weighted by molar-refractivity contribution is 6.39. The van der Waals surface area contributed by atoms with Gasteiger partial charge in [-0.2, -0.15) is 0 Å². The molecule has 0 saturated heterocycles. The van der Waals surface area contributed by atoms with Gasteiger partial charge in [0, 0.05) is 13.0 Å². The molecule has 120 valence electrons. The fourth-order valence-corrected chi connectivity index (χ4v) is 2.56. The maximum Gasteiger partial charge on any atom is 0.269 e. The normalized spacial score (nSPS) is 29.3. The zero-order valence-corrected chi connectivity index (χ0v) is 12.2. The summed E-state index contributed by atoms with van der Waals surface area (Å²) in [5, 5.41) is 26.1. The fourth-order valence-electron chi connectivity index (χ4n) is 2.56. The van der Waals surface area contributed by atoms with Gasteiger partial charge in [0.2, 0.25) is 0 Å². The molecule has 3 atom stereocenters. The number of oxime groups is 1. The second-order valence-electron chi connectivity index (χ2n) is 5.55. The van der Waals surface area contributed by atoms with E-state index < -0.39 is 29.5 Å². The van der Waals surface area contributed by atoms with E-state index in [0.717, 1.165) is 11.6 Å². The number of hydrogen-bond acceptors (Lipinski definition) is 6. The second-order valence-corrected chi connectivity index (χ2v) is 5.55. The minimum Gasteiger partial charge on any atom is -0.385 e. The van der Waals surface area contributed by atoms with Gasteiger partial charge in [0.1, 0.15) is 17.9 Å². The Bertz CT molecular complexity index is 685. The predicted octanol–water partition coefficient (Wildman–Crippen LogP) is -0.321. The van der Waals surface area contributed by atoms with Crippen LogP contribution >= 0.6 is 0 Å². The molecule has 7 heteroatoms. The van der Waals surface area contributed by atoms with Gasteiger partial charge in [-0.3, -0.25) is 9.59 Å². The topological polar surface area (TPSA) is 108 Å². The number of rotatable bonds is 3. The Morgan fingerprint density at radius 1 is 1.35 bits per heavy atom. The summed E-state index contributed by atoms with van der Waals surface area (Å²) < 4.78 is 0. The van der Waals surface area contributed by atoms with E-state index in [4.69, 9.17) is 4.84 Å². The number of aliphatic hydroxyl groups excluding tert-OH is 2. The lowest BCUT2D eigenvalue weighted by atomic mass is 9.82. The van der Waals surface area contributed by atoms with Crippen LogP contribution in [0, 0.1) is 0 Å². The molecule has 1 heterocycles. The number of carbonyl (C=O) groups excluding carboxylic acids is 2. The van der Waals surface area contributed by atoms with Crippen LogP contribution in [0.5, 0.6) is 0 Å². The number of carbonyl (C=O) groups is 2. The van der Waals surface area contributed by atoms with Crippen molar-refractivity contribution < 1.29 is 24.6 Å². The van der Waals surface area contributed by atoms with Gasteiger partial charge in [-0.1, -0.05) is 35.5 Å². The number of hydrogen-bond donors (Lipinski definition) is 3. The van der Waals surface area contributed by atoms with Crippen molar-refractivity contribution in [2.24, 2.45) is 5.16 Å². The van der Waals surface area contributed by atoms with Crippen molar-refractivity contribution in [3.05, 3.63) is 48.0 Å². The summed E-state index contributed by atoms with van der Waals surface area (Å²) in [5.74, 6) is -1.02. The third-order valence-electron chi connectivity index (χ3n) is 3.95. The van der Waals surface area contributed by atoms with E-state index in [1.165, 1.54) is 6.08 Å². The Kier molecular flexibility index (Phi) is 3.97. The van der Waals surface area contributed by atoms with Crippen molar-refractivity contribution in [2.75, 3.05) is 0 Å². The van der Waals surface area contributed by atoms with Crippen LogP contribution in [0.25, 0.3) is 0 Å². The molecule has 1 spiro atoms. The first-order valence-electron chi connectivity index (χ1n) is 7.18. The maximum absolute atomic E-state index is 12.1. The molecule has 1 aromatic rings. The quantitative estimate of drug-likeness (QED) is 0.708. The van der Waals surface area contributed by atoms with Crippen LogP contribution in [-0.2, 0) is 21.0 Å². The van der Waals surface area contributed by atoms with Crippen LogP contribution in [-0.4, -0.2) is 45.4 Å². The van der Waals surface area contributed by atoms with Gasteiger partial charge in [0.25, 0.3) is 5.91 Å². The molecule has 0 fully saturated rings. The van der Waals surface area contributed by atoms with E-state index in [1.54, 1.807) is 0 Å². The van der Waals surface area contributed by atoms with E-state index in [0.29, 0.717) is 6.54 Å². The zero-order valence-electron chi connectivity index (χ0n) is 12.2. The molecule has 3 N–H and O–H groups in total. The highest BCUT2D eigenvalue weighted by Crippen LogP contribution is 2.34. The number of ketones is 1. The molecule has 2 aliphatic rings. The van der Waals surface area contributed by atoms with Crippen LogP contribution in [0.2, 0.25) is 0 Å². The Labute approximate surface area is 132 Å². The SMILES string of the molecule is O=C(NCc1ccccc1)C1=NO[C@]2(C=CC(=O)[C@H](O)[C@@H]2O)C1. The largest absolute Gasteiger partial charge is 0.385 e. The molecule has 1 aliphatic carbocycles. The summed E-state index contributed by atoms with van der Waals surface area (Å²) in [4.78, 5) is 28.7. The Morgan fingerprint density at radius 3 is 2.83 bits per heavy atom. The van der Waals surface area contributed by atoms with Crippen molar-refractivity contribution in [1.82, 2.24) is 5.32 Å². The second kappa shape index (κ2) is 5.94. The average molecular weight is 316 g/mol. The van der Waals surface area contributed by atoms with Crippen LogP contribution < -0.4 is 5.32 Å². The van der Waals surface area contributed by atoms with E-state index >= 15 is 0 Å². The first-order chi connectivity index (χ1) is 11.0. The summed E-state index contributed by atoms with van der Waals surface area (Å²) in [5.41, 5.74) is -0.327. The first-order valence-corrected chi connectivity index (χ1v) is 7.18. The number of benzene rings is 1. The van der Waals surface area contributed by atoms with Gasteiger partial charge >= 0.3 is 0 Å². The number of aliphatic hydroxyl groups is 2. The molecule has 7 nitrogen and oxygen atoms in total. The molecule has 0 unspecified atom stereocenters. The fraction of sp³-hybridized carbons (Fsp3) is 0.312. The Morgan fingerprint density at radius 2 is 2.09 bits per heavy atom. The summed E-state index contributed by atoms with van der Waals surface area (Å²) in [6.45, 7) is 0.338. The number of nitrogens with zero attached hydrogens (tertiary/aromatic N) is 1. The van der Waals surface area contributed by atoms with Crippen LogP contribution in [0.1, 0.15) is 12.0 Å². The lowest BCUT2D eigenvalue weighted by Gasteiger charge is -2.33. The highest BCUT2D eigenvalue weighted by atomic mass is 16.7. The molecular formula is C16H16N2O5. The molecule has 0 radical (unpaired) electrons. The number of amides is 1. The first kappa shape index (κ1) is 15.4. The molecule has 23 heavy (non-hydrogen) atoms. The zero-order chi connectivity index (χ0) is 16.4. The smallest absolute Gasteiger partial charge is 0.269 e. The summed E-state index contributed by atoms with van der Waals surface area (Å²) in [6.07, 6.45) is -0.591. The monoisotopic (exact) mass is 316 g/mol. The maximum atomic E-state index is 12.1. The lowest BCUT2D eigenvalue weighted by molar-refractivity contribution is -0.149. The van der Waals surface area contributed by atoms with Crippen molar-refractivity contribution in [2.45, 2.75) is 30.8 Å². The molecule has 1 amide bonds. The van der Waals surface area contributed by atoms with E-state index in [1.807, 2.05) is 30.3 Å². The Balaban J connectivity index is 1.64. The minimum atomic E-state index is -1.58. The molecule has 0 saturated carbocycles. The third kappa shape index (κ3) is 2.88. The van der Waals surface area contributed by atoms with E-state index in [2.05, 4.69) is 10.5 Å². The standard InChI is InChI=1S/C16H16N2O5/c19-12-6-7-16(14(21)13(12)20)8-11(18-23-16)15(22)17-9-10-4-2-1-3-5-10/h1-7,13-14,20-21H,8-9H2,(H,17,22)/t13-,14-,16+/m0/s1. The van der Waals surface area contributed by atoms with Crippen molar-refractivity contribution in [3.63, 3.8) is 0 Å². The van der Waals surface area contributed by atoms with Crippen molar-refractivity contribution in [1.29, 1.82) is 0 Å². The van der Waals surface area contributed by atoms with Gasteiger partial charge in [-0.05, 0) is 17.7 Å². The molecule has 0 bridgehead atoms. The summed E-state index contributed by atoms with van der Waals surface area (Å²) >= 11 is 0. The molecule has 0 aromatic heterocycles. The molecule has 1 aromatic carbocycles. The molecule has 3 rings (SSSR count). The Hall–Kier alpha value is -2.51. The summed E-state index contributed by atoms with van der Waals surface area (Å²) in [7, 11) is 0. The lowest BCUT2D eigenvalue weighted by Crippen LogP contribution is -2.53. The molecule has 1 aliphatic heterocycles. The summed E-state index contributed by atoms with van der Waals surface area (Å²) in [6, 6.07) is 9.38. The van der Waals surface area contributed by atoms with Crippen LogP contribution in [0.15, 0.2) is 47.6 Å². The van der Waals surface area contributed by atoms with Gasteiger partial charge in [-0.25, -0.2) is 0 Å². The third-order valence-corrected chi connectivity index (χ3v) is 3.95. The van der Waals surface area contributed by atoms with Gasteiger partial charge in [0.05, 0.1) is 0 Å². The van der Waals surface area contributed by atoms with Crippen LogP contribution in [0.3, 0.4) is 0 Å². The molecular weight excluding hydrogens is 300 g/mol. The average Bonchev–Trinajstić information content (AvgIpc) is 3.01. The van der Waals surface area contributed by atoms with Crippen LogP contribution in [0.4, 0.5) is 0 Å². The van der Waals surface area contributed by atoms with E-state index in [-0.39, 0.29) is 12.1 Å². The van der Waals surface area contributed by atoms with E-state index in [9.17, 15) is 19.8 Å².